The third-order valence-electron chi connectivity index (χ3n) is 7.05. The van der Waals surface area contributed by atoms with Crippen LogP contribution in [0.1, 0.15) is 110 Å². The molecule has 2 atom stereocenters. The van der Waals surface area contributed by atoms with Crippen LogP contribution in [0, 0.1) is 0 Å². The van der Waals surface area contributed by atoms with Crippen LogP contribution >= 0.6 is 7.82 Å². The van der Waals surface area contributed by atoms with Crippen LogP contribution in [0.3, 0.4) is 0 Å². The van der Waals surface area contributed by atoms with Crippen molar-refractivity contribution in [3.8, 4) is 0 Å². The lowest BCUT2D eigenvalue weighted by Gasteiger charge is -2.25. The predicted molar refractivity (Wildman–Crippen MR) is 169 cm³/mol. The molecule has 0 radical (unpaired) electrons. The maximum absolute atomic E-state index is 12.5. The first-order valence-electron chi connectivity index (χ1n) is 16.0. The van der Waals surface area contributed by atoms with E-state index >= 15 is 0 Å². The molecule has 0 fully saturated rings. The SMILES string of the molecule is CCCCCCCCCCCCCCCCCCOCC(CNc1ccccc1)OP(=O)(O)OCC[N+](C)(C)C. The van der Waals surface area contributed by atoms with Gasteiger partial charge in [0.25, 0.3) is 0 Å². The molecule has 0 saturated carbocycles. The lowest BCUT2D eigenvalue weighted by molar-refractivity contribution is -0.870. The number of unbranched alkanes of at least 4 members (excludes halogenated alkanes) is 15. The van der Waals surface area contributed by atoms with Gasteiger partial charge >= 0.3 is 7.82 Å². The number of nitrogens with one attached hydrogen (secondary N) is 1. The standard InChI is InChI=1S/C32H61N2O5P/c1-5-6-7-8-9-10-11-12-13-14-15-16-17-18-19-23-27-37-30-32(29-33-31-24-21-20-22-25-31)39-40(35,36)38-28-26-34(2,3)4/h20-22,24-25,32-33H,5-19,23,26-30H2,1-4H3/p+1. The van der Waals surface area contributed by atoms with Crippen molar-refractivity contribution in [1.29, 1.82) is 0 Å². The summed E-state index contributed by atoms with van der Waals surface area (Å²) < 4.78 is 29.7. The van der Waals surface area contributed by atoms with Gasteiger partial charge in [0.2, 0.25) is 0 Å². The normalized spacial score (nSPS) is 14.2. The number of ether oxygens (including phenoxy) is 1. The van der Waals surface area contributed by atoms with Gasteiger partial charge in [-0.25, -0.2) is 4.57 Å². The van der Waals surface area contributed by atoms with Crippen LogP contribution in [0.5, 0.6) is 0 Å². The van der Waals surface area contributed by atoms with Crippen molar-refractivity contribution in [3.05, 3.63) is 30.3 Å². The lowest BCUT2D eigenvalue weighted by Crippen LogP contribution is -2.37. The van der Waals surface area contributed by atoms with Crippen molar-refractivity contribution >= 4 is 13.5 Å². The summed E-state index contributed by atoms with van der Waals surface area (Å²) in [4.78, 5) is 10.3. The van der Waals surface area contributed by atoms with E-state index in [-0.39, 0.29) is 13.2 Å². The molecule has 40 heavy (non-hydrogen) atoms. The van der Waals surface area contributed by atoms with Crippen molar-refractivity contribution in [3.63, 3.8) is 0 Å². The van der Waals surface area contributed by atoms with Crippen LogP contribution in [-0.2, 0) is 18.3 Å². The van der Waals surface area contributed by atoms with Gasteiger partial charge in [0.05, 0.1) is 27.7 Å². The number of hydrogen-bond acceptors (Lipinski definition) is 5. The van der Waals surface area contributed by atoms with E-state index in [1.807, 2.05) is 51.5 Å². The first-order valence-corrected chi connectivity index (χ1v) is 17.5. The van der Waals surface area contributed by atoms with E-state index in [1.54, 1.807) is 0 Å². The summed E-state index contributed by atoms with van der Waals surface area (Å²) >= 11 is 0. The van der Waals surface area contributed by atoms with Crippen LogP contribution < -0.4 is 5.32 Å². The second-order valence-corrected chi connectivity index (χ2v) is 13.6. The summed E-state index contributed by atoms with van der Waals surface area (Å²) in [7, 11) is 1.84. The molecule has 0 bridgehead atoms. The zero-order valence-electron chi connectivity index (χ0n) is 26.3. The largest absolute Gasteiger partial charge is 0.472 e. The van der Waals surface area contributed by atoms with Crippen LogP contribution in [0.4, 0.5) is 5.69 Å². The minimum absolute atomic E-state index is 0.149. The third-order valence-corrected chi connectivity index (χ3v) is 8.13. The predicted octanol–water partition coefficient (Wildman–Crippen LogP) is 8.59. The highest BCUT2D eigenvalue weighted by atomic mass is 31.2. The van der Waals surface area contributed by atoms with E-state index in [4.69, 9.17) is 13.8 Å². The number of para-hydroxylation sites is 1. The molecule has 2 N–H and O–H groups in total. The minimum atomic E-state index is -4.18. The van der Waals surface area contributed by atoms with Gasteiger partial charge in [-0.05, 0) is 18.6 Å². The Balaban J connectivity index is 2.14. The number of anilines is 1. The Morgan fingerprint density at radius 3 is 1.77 bits per heavy atom. The topological polar surface area (TPSA) is 77.0 Å². The summed E-state index contributed by atoms with van der Waals surface area (Å²) in [6, 6.07) is 9.73. The second-order valence-electron chi connectivity index (χ2n) is 12.2. The molecule has 234 valence electrons. The number of hydrogen-bond donors (Lipinski definition) is 2. The van der Waals surface area contributed by atoms with E-state index in [2.05, 4.69) is 12.2 Å². The van der Waals surface area contributed by atoms with Crippen molar-refractivity contribution in [2.24, 2.45) is 0 Å². The van der Waals surface area contributed by atoms with Crippen LogP contribution in [0.25, 0.3) is 0 Å². The van der Waals surface area contributed by atoms with Crippen LogP contribution in [0.15, 0.2) is 30.3 Å². The van der Waals surface area contributed by atoms with Gasteiger partial charge in [-0.3, -0.25) is 9.05 Å². The molecule has 0 heterocycles. The Hall–Kier alpha value is -0.950. The van der Waals surface area contributed by atoms with E-state index in [0.717, 1.165) is 18.5 Å². The Kier molecular flexibility index (Phi) is 21.9. The molecular weight excluding hydrogens is 523 g/mol. The van der Waals surface area contributed by atoms with Gasteiger partial charge in [-0.15, -0.1) is 0 Å². The number of quaternary nitrogens is 1. The van der Waals surface area contributed by atoms with Gasteiger partial charge in [0.15, 0.2) is 0 Å². The highest BCUT2D eigenvalue weighted by Gasteiger charge is 2.27. The van der Waals surface area contributed by atoms with Crippen LogP contribution in [-0.4, -0.2) is 69.5 Å². The molecule has 1 aromatic carbocycles. The summed E-state index contributed by atoms with van der Waals surface area (Å²) in [5, 5.41) is 3.26. The Labute approximate surface area is 246 Å². The lowest BCUT2D eigenvalue weighted by atomic mass is 10.0. The number of likely N-dealkylation sites (N-methyl/N-ethyl adjacent to an activating group) is 1. The minimum Gasteiger partial charge on any atom is -0.382 e. The smallest absolute Gasteiger partial charge is 0.382 e. The quantitative estimate of drug-likeness (QED) is 0.0583. The maximum atomic E-state index is 12.5. The maximum Gasteiger partial charge on any atom is 0.472 e. The summed E-state index contributed by atoms with van der Waals surface area (Å²) in [6.07, 6.45) is 20.8. The molecule has 7 nitrogen and oxygen atoms in total. The molecule has 0 saturated heterocycles. The zero-order chi connectivity index (χ0) is 29.4. The Bertz CT molecular complexity index is 745. The van der Waals surface area contributed by atoms with Gasteiger partial charge in [0.1, 0.15) is 19.3 Å². The van der Waals surface area contributed by atoms with Crippen molar-refractivity contribution in [2.45, 2.75) is 116 Å². The monoisotopic (exact) mass is 585 g/mol. The molecule has 0 amide bonds. The average molecular weight is 586 g/mol. The average Bonchev–Trinajstić information content (AvgIpc) is 2.90. The molecule has 1 rings (SSSR count). The Morgan fingerprint density at radius 1 is 0.775 bits per heavy atom. The van der Waals surface area contributed by atoms with E-state index in [1.165, 1.54) is 89.9 Å². The fraction of sp³-hybridized carbons (Fsp3) is 0.812. The number of benzene rings is 1. The molecule has 0 aliphatic rings. The molecule has 0 aliphatic heterocycles. The molecule has 8 heteroatoms. The third kappa shape index (κ3) is 23.7. The van der Waals surface area contributed by atoms with E-state index in [0.29, 0.717) is 24.2 Å². The second kappa shape index (κ2) is 23.6. The fourth-order valence-electron chi connectivity index (χ4n) is 4.53. The van der Waals surface area contributed by atoms with E-state index in [9.17, 15) is 9.46 Å². The number of phosphoric acid groups is 1. The molecule has 1 aromatic rings. The highest BCUT2D eigenvalue weighted by molar-refractivity contribution is 7.47. The molecular formula is C32H62N2O5P+. The van der Waals surface area contributed by atoms with Gasteiger partial charge in [-0.1, -0.05) is 121 Å². The first-order chi connectivity index (χ1) is 19.2. The van der Waals surface area contributed by atoms with Crippen molar-refractivity contribution in [2.75, 3.05) is 59.4 Å². The first kappa shape index (κ1) is 37.1. The van der Waals surface area contributed by atoms with Crippen molar-refractivity contribution in [1.82, 2.24) is 0 Å². The molecule has 0 spiro atoms. The van der Waals surface area contributed by atoms with Gasteiger partial charge < -0.3 is 19.4 Å². The van der Waals surface area contributed by atoms with Gasteiger partial charge in [0, 0.05) is 18.8 Å². The number of phosphoric ester groups is 1. The van der Waals surface area contributed by atoms with Crippen LogP contribution in [0.2, 0.25) is 0 Å². The summed E-state index contributed by atoms with van der Waals surface area (Å²) in [5.74, 6) is 0. The van der Waals surface area contributed by atoms with Crippen molar-refractivity contribution < 1.29 is 27.7 Å². The highest BCUT2D eigenvalue weighted by Crippen LogP contribution is 2.44. The summed E-state index contributed by atoms with van der Waals surface area (Å²) in [5.41, 5.74) is 0.924. The van der Waals surface area contributed by atoms with Gasteiger partial charge in [-0.2, -0.15) is 0 Å². The Morgan fingerprint density at radius 2 is 1.27 bits per heavy atom. The molecule has 0 aliphatic carbocycles. The number of nitrogens with zero attached hydrogens (tertiary/aromatic N) is 1. The fourth-order valence-corrected chi connectivity index (χ4v) is 5.42. The molecule has 0 aromatic heterocycles. The zero-order valence-corrected chi connectivity index (χ0v) is 27.2. The van der Waals surface area contributed by atoms with E-state index < -0.39 is 13.9 Å². The summed E-state index contributed by atoms with van der Waals surface area (Å²) in [6.45, 7) is 4.25. The molecule has 2 unspecified atom stereocenters. The number of rotatable bonds is 28.